The summed E-state index contributed by atoms with van der Waals surface area (Å²) in [5.74, 6) is -0.757. The Hall–Kier alpha value is -4.88. The maximum Gasteiger partial charge on any atom is 0.259 e. The molecule has 0 spiro atoms. The average molecular weight is 563 g/mol. The number of ether oxygens (including phenoxy) is 1. The summed E-state index contributed by atoms with van der Waals surface area (Å²) >= 11 is -2.21. The van der Waals surface area contributed by atoms with Gasteiger partial charge in [0.05, 0.1) is 5.69 Å². The van der Waals surface area contributed by atoms with Crippen LogP contribution in [0.5, 0.6) is 11.6 Å². The van der Waals surface area contributed by atoms with Crippen molar-refractivity contribution in [3.8, 4) is 11.6 Å². The van der Waals surface area contributed by atoms with Gasteiger partial charge in [0.2, 0.25) is 23.6 Å². The quantitative estimate of drug-likeness (QED) is 0.161. The molecular weight excluding hydrogens is 539 g/mol. The zero-order chi connectivity index (χ0) is 28.3. The SMILES string of the molecule is NC(=O)C1(C(=O)N(c2ccc(F)cc2)c2ccc(Oc3ccnc(Nc4cccc(NS(=O)O)c4)n3)cc2)CC1. The molecule has 204 valence electrons. The molecule has 5 rings (SSSR count). The van der Waals surface area contributed by atoms with Crippen LogP contribution in [0.3, 0.4) is 0 Å². The minimum Gasteiger partial charge on any atom is -0.439 e. The van der Waals surface area contributed by atoms with Gasteiger partial charge in [-0.2, -0.15) is 4.98 Å². The standard InChI is InChI=1S/C27H23FN6O5S/c28-17-4-6-20(7-5-17)34(25(36)27(13-14-27)24(29)35)21-8-10-22(11-9-21)39-23-12-15-30-26(32-23)31-18-2-1-3-19(16-18)33-40(37)38/h1-12,15-16,33H,13-14H2,(H2,29,35)(H,37,38)(H,30,31,32). The second kappa shape index (κ2) is 11.1. The summed E-state index contributed by atoms with van der Waals surface area (Å²) in [5, 5.41) is 3.00. The molecular formula is C27H23FN6O5S. The van der Waals surface area contributed by atoms with Crippen LogP contribution in [0.15, 0.2) is 85.1 Å². The van der Waals surface area contributed by atoms with Crippen molar-refractivity contribution in [2.45, 2.75) is 12.8 Å². The highest BCUT2D eigenvalue weighted by Crippen LogP contribution is 2.49. The fraction of sp³-hybridized carbons (Fsp3) is 0.111. The number of nitrogens with two attached hydrogens (primary N) is 1. The molecule has 1 unspecified atom stereocenters. The lowest BCUT2D eigenvalue weighted by atomic mass is 10.0. The van der Waals surface area contributed by atoms with E-state index in [9.17, 15) is 18.2 Å². The molecule has 1 atom stereocenters. The third-order valence-corrected chi connectivity index (χ3v) is 6.60. The first-order chi connectivity index (χ1) is 19.2. The molecule has 1 aromatic heterocycles. The third-order valence-electron chi connectivity index (χ3n) is 6.19. The highest BCUT2D eigenvalue weighted by Gasteiger charge is 2.57. The number of carbonyl (C=O) groups is 2. The molecule has 1 aliphatic rings. The fourth-order valence-corrected chi connectivity index (χ4v) is 4.34. The van der Waals surface area contributed by atoms with Gasteiger partial charge in [0.15, 0.2) is 0 Å². The van der Waals surface area contributed by atoms with E-state index in [0.29, 0.717) is 41.3 Å². The summed E-state index contributed by atoms with van der Waals surface area (Å²) in [6, 6.07) is 20.1. The molecule has 1 heterocycles. The average Bonchev–Trinajstić information content (AvgIpc) is 3.74. The number of nitrogens with one attached hydrogen (secondary N) is 2. The predicted molar refractivity (Wildman–Crippen MR) is 147 cm³/mol. The highest BCUT2D eigenvalue weighted by atomic mass is 32.2. The first-order valence-corrected chi connectivity index (χ1v) is 13.1. The summed E-state index contributed by atoms with van der Waals surface area (Å²) in [6.07, 6.45) is 2.20. The maximum atomic E-state index is 13.6. The van der Waals surface area contributed by atoms with Gasteiger partial charge in [0, 0.05) is 29.3 Å². The van der Waals surface area contributed by atoms with Crippen LogP contribution in [-0.4, -0.2) is 30.5 Å². The maximum absolute atomic E-state index is 13.6. The number of primary amides is 1. The van der Waals surface area contributed by atoms with Gasteiger partial charge in [0.1, 0.15) is 17.0 Å². The van der Waals surface area contributed by atoms with Crippen molar-refractivity contribution < 1.29 is 27.5 Å². The molecule has 1 fully saturated rings. The zero-order valence-electron chi connectivity index (χ0n) is 20.8. The normalized spacial score (nSPS) is 14.1. The molecule has 0 radical (unpaired) electrons. The van der Waals surface area contributed by atoms with Crippen LogP contribution in [-0.2, 0) is 20.9 Å². The van der Waals surface area contributed by atoms with E-state index in [0.717, 1.165) is 0 Å². The van der Waals surface area contributed by atoms with Crippen LogP contribution >= 0.6 is 0 Å². The fourth-order valence-electron chi connectivity index (χ4n) is 4.01. The Morgan fingerprint density at radius 2 is 1.65 bits per heavy atom. The van der Waals surface area contributed by atoms with Crippen molar-refractivity contribution in [2.24, 2.45) is 11.1 Å². The summed E-state index contributed by atoms with van der Waals surface area (Å²) in [7, 11) is 0. The van der Waals surface area contributed by atoms with Crippen molar-refractivity contribution in [3.05, 3.63) is 90.9 Å². The summed E-state index contributed by atoms with van der Waals surface area (Å²) in [6.45, 7) is 0. The molecule has 40 heavy (non-hydrogen) atoms. The number of rotatable bonds is 10. The molecule has 0 aliphatic heterocycles. The Labute approximate surface area is 230 Å². The largest absolute Gasteiger partial charge is 0.439 e. The second-order valence-electron chi connectivity index (χ2n) is 8.93. The topological polar surface area (TPSA) is 160 Å². The number of hydrogen-bond donors (Lipinski definition) is 4. The summed E-state index contributed by atoms with van der Waals surface area (Å²) < 4.78 is 41.8. The smallest absolute Gasteiger partial charge is 0.259 e. The zero-order valence-corrected chi connectivity index (χ0v) is 21.6. The van der Waals surface area contributed by atoms with E-state index >= 15 is 0 Å². The molecule has 0 saturated heterocycles. The number of carbonyl (C=O) groups excluding carboxylic acids is 2. The first-order valence-electron chi connectivity index (χ1n) is 12.0. The van der Waals surface area contributed by atoms with E-state index in [1.807, 2.05) is 0 Å². The van der Waals surface area contributed by atoms with Crippen molar-refractivity contribution in [2.75, 3.05) is 14.9 Å². The molecule has 1 saturated carbocycles. The van der Waals surface area contributed by atoms with Gasteiger partial charge in [-0.1, -0.05) is 6.07 Å². The number of anilines is 5. The van der Waals surface area contributed by atoms with Gasteiger partial charge < -0.3 is 15.8 Å². The number of benzene rings is 3. The van der Waals surface area contributed by atoms with E-state index < -0.39 is 34.3 Å². The number of hydrogen-bond acceptors (Lipinski definition) is 7. The number of halogens is 1. The van der Waals surface area contributed by atoms with Crippen LogP contribution < -0.4 is 25.4 Å². The van der Waals surface area contributed by atoms with Crippen LogP contribution in [0.25, 0.3) is 0 Å². The molecule has 2 amide bonds. The number of nitrogens with zero attached hydrogens (tertiary/aromatic N) is 3. The van der Waals surface area contributed by atoms with E-state index in [-0.39, 0.29) is 11.8 Å². The minimum absolute atomic E-state index is 0.227. The van der Waals surface area contributed by atoms with Crippen LogP contribution in [0.1, 0.15) is 12.8 Å². The van der Waals surface area contributed by atoms with Gasteiger partial charge >= 0.3 is 0 Å². The Morgan fingerprint density at radius 1 is 1.00 bits per heavy atom. The lowest BCUT2D eigenvalue weighted by molar-refractivity contribution is -0.133. The molecule has 0 bridgehead atoms. The summed E-state index contributed by atoms with van der Waals surface area (Å²) in [5.41, 5.74) is 6.10. The molecule has 1 aliphatic carbocycles. The van der Waals surface area contributed by atoms with Crippen molar-refractivity contribution in [1.82, 2.24) is 9.97 Å². The van der Waals surface area contributed by atoms with Gasteiger partial charge in [-0.15, -0.1) is 0 Å². The number of amides is 2. The Morgan fingerprint density at radius 3 is 2.27 bits per heavy atom. The predicted octanol–water partition coefficient (Wildman–Crippen LogP) is 4.63. The van der Waals surface area contributed by atoms with Crippen molar-refractivity contribution in [1.29, 1.82) is 0 Å². The van der Waals surface area contributed by atoms with Crippen LogP contribution in [0.2, 0.25) is 0 Å². The first kappa shape index (κ1) is 26.7. The van der Waals surface area contributed by atoms with E-state index in [2.05, 4.69) is 20.0 Å². The lowest BCUT2D eigenvalue weighted by Gasteiger charge is -2.26. The van der Waals surface area contributed by atoms with E-state index in [1.165, 1.54) is 35.4 Å². The summed E-state index contributed by atoms with van der Waals surface area (Å²) in [4.78, 5) is 35.3. The van der Waals surface area contributed by atoms with Gasteiger partial charge in [0.25, 0.3) is 11.3 Å². The van der Waals surface area contributed by atoms with Gasteiger partial charge in [-0.05, 0) is 79.6 Å². The molecule has 11 nitrogen and oxygen atoms in total. The van der Waals surface area contributed by atoms with Crippen molar-refractivity contribution >= 4 is 51.8 Å². The monoisotopic (exact) mass is 562 g/mol. The highest BCUT2D eigenvalue weighted by molar-refractivity contribution is 7.80. The number of aromatic nitrogens is 2. The lowest BCUT2D eigenvalue weighted by Crippen LogP contribution is -2.41. The molecule has 3 aromatic carbocycles. The minimum atomic E-state index is -2.21. The Bertz CT molecular complexity index is 1580. The van der Waals surface area contributed by atoms with Gasteiger partial charge in [-0.25, -0.2) is 13.6 Å². The second-order valence-corrected chi connectivity index (χ2v) is 9.64. The Balaban J connectivity index is 1.34. The Kier molecular flexibility index (Phi) is 7.40. The molecule has 13 heteroatoms. The van der Waals surface area contributed by atoms with Crippen molar-refractivity contribution in [3.63, 3.8) is 0 Å². The molecule has 4 aromatic rings. The third kappa shape index (κ3) is 5.90. The van der Waals surface area contributed by atoms with E-state index in [1.54, 1.807) is 54.6 Å². The van der Waals surface area contributed by atoms with Gasteiger partial charge in [-0.3, -0.25) is 23.8 Å². The molecule has 5 N–H and O–H groups in total. The van der Waals surface area contributed by atoms with Crippen LogP contribution in [0.4, 0.5) is 33.1 Å². The van der Waals surface area contributed by atoms with Crippen LogP contribution in [0, 0.1) is 11.2 Å². The van der Waals surface area contributed by atoms with E-state index in [4.69, 9.17) is 15.0 Å².